The van der Waals surface area contributed by atoms with E-state index in [2.05, 4.69) is 10.4 Å². The first-order valence-electron chi connectivity index (χ1n) is 7.91. The summed E-state index contributed by atoms with van der Waals surface area (Å²) in [5.41, 5.74) is -0.169. The molecule has 0 spiro atoms. The molecule has 1 heterocycles. The number of carbonyl (C=O) groups is 2. The summed E-state index contributed by atoms with van der Waals surface area (Å²) in [7, 11) is 0. The third kappa shape index (κ3) is 3.12. The van der Waals surface area contributed by atoms with Crippen LogP contribution in [0.3, 0.4) is 0 Å². The molecule has 0 saturated heterocycles. The second kappa shape index (κ2) is 6.29. The molecule has 0 saturated carbocycles. The average Bonchev–Trinajstić information content (AvgIpc) is 3.15. The summed E-state index contributed by atoms with van der Waals surface area (Å²) in [6, 6.07) is 6.16. The summed E-state index contributed by atoms with van der Waals surface area (Å²) >= 11 is 0. The molecule has 3 rings (SSSR count). The molecule has 25 heavy (non-hydrogen) atoms. The number of amides is 1. The van der Waals surface area contributed by atoms with Gasteiger partial charge in [0.05, 0.1) is 6.54 Å². The Kier molecular flexibility index (Phi) is 4.30. The zero-order chi connectivity index (χ0) is 18.2. The molecular formula is C17H18FN3O4. The first-order valence-corrected chi connectivity index (χ1v) is 7.91. The number of rotatable bonds is 5. The molecule has 1 aromatic carbocycles. The van der Waals surface area contributed by atoms with E-state index < -0.39 is 29.8 Å². The molecule has 8 heteroatoms. The molecular weight excluding hydrogens is 329 g/mol. The lowest BCUT2D eigenvalue weighted by atomic mass is 10.1. The fraction of sp³-hybridized carbons (Fsp3) is 0.353. The minimum absolute atomic E-state index is 0.136. The Labute approximate surface area is 143 Å². The summed E-state index contributed by atoms with van der Waals surface area (Å²) in [4.78, 5) is 23.3. The maximum Gasteiger partial charge on any atom is 0.337 e. The normalized spacial score (nSPS) is 15.5. The van der Waals surface area contributed by atoms with E-state index in [0.717, 1.165) is 24.6 Å². The summed E-state index contributed by atoms with van der Waals surface area (Å²) < 4.78 is 15.5. The molecule has 0 aliphatic heterocycles. The van der Waals surface area contributed by atoms with Crippen molar-refractivity contribution in [1.82, 2.24) is 15.1 Å². The highest BCUT2D eigenvalue weighted by atomic mass is 19.1. The zero-order valence-corrected chi connectivity index (χ0v) is 13.6. The molecule has 132 valence electrons. The van der Waals surface area contributed by atoms with Crippen molar-refractivity contribution in [3.63, 3.8) is 0 Å². The molecule has 7 nitrogen and oxygen atoms in total. The van der Waals surface area contributed by atoms with Crippen LogP contribution in [0.4, 0.5) is 4.39 Å². The molecule has 2 aromatic rings. The molecule has 1 aromatic heterocycles. The van der Waals surface area contributed by atoms with Crippen molar-refractivity contribution in [2.45, 2.75) is 31.8 Å². The van der Waals surface area contributed by atoms with Crippen LogP contribution in [-0.4, -0.2) is 44.0 Å². The Morgan fingerprint density at radius 2 is 2.08 bits per heavy atom. The number of aliphatic carboxylic acids is 1. The van der Waals surface area contributed by atoms with Gasteiger partial charge in [-0.15, -0.1) is 0 Å². The number of carbonyl (C=O) groups excluding carboxylic acids is 1. The standard InChI is InChI=1S/C17H18FN3O4/c1-17(25,16(23)24)9-19-15(22)14-10-5-4-8-12(10)21(20-14)13-7-3-2-6-11(13)18/h2-3,6-7,25H,4-5,8-9H2,1H3,(H,19,22)(H,23,24). The van der Waals surface area contributed by atoms with Gasteiger partial charge < -0.3 is 15.5 Å². The molecule has 0 fully saturated rings. The first-order chi connectivity index (χ1) is 11.8. The molecule has 1 atom stereocenters. The highest BCUT2D eigenvalue weighted by Crippen LogP contribution is 2.28. The third-order valence-electron chi connectivity index (χ3n) is 4.28. The lowest BCUT2D eigenvalue weighted by molar-refractivity contribution is -0.155. The van der Waals surface area contributed by atoms with Crippen LogP contribution in [0.25, 0.3) is 5.69 Å². The number of carboxylic acid groups (broad SMARTS) is 1. The van der Waals surface area contributed by atoms with Crippen molar-refractivity contribution < 1.29 is 24.2 Å². The smallest absolute Gasteiger partial charge is 0.337 e. The van der Waals surface area contributed by atoms with E-state index >= 15 is 0 Å². The van der Waals surface area contributed by atoms with Crippen LogP contribution in [0, 0.1) is 5.82 Å². The quantitative estimate of drug-likeness (QED) is 0.750. The van der Waals surface area contributed by atoms with Crippen LogP contribution in [0.15, 0.2) is 24.3 Å². The van der Waals surface area contributed by atoms with Gasteiger partial charge in [-0.2, -0.15) is 5.10 Å². The molecule has 0 radical (unpaired) electrons. The Bertz CT molecular complexity index is 844. The summed E-state index contributed by atoms with van der Waals surface area (Å²) in [5, 5.41) is 25.2. The van der Waals surface area contributed by atoms with Gasteiger partial charge in [0, 0.05) is 11.3 Å². The molecule has 1 aliphatic carbocycles. The monoisotopic (exact) mass is 347 g/mol. The third-order valence-corrected chi connectivity index (χ3v) is 4.28. The van der Waals surface area contributed by atoms with Gasteiger partial charge in [-0.05, 0) is 38.3 Å². The van der Waals surface area contributed by atoms with Crippen LogP contribution in [0.1, 0.15) is 35.1 Å². The number of nitrogens with one attached hydrogen (secondary N) is 1. The van der Waals surface area contributed by atoms with E-state index in [-0.39, 0.29) is 11.4 Å². The predicted octanol–water partition coefficient (Wildman–Crippen LogP) is 1.07. The number of nitrogens with zero attached hydrogens (tertiary/aromatic N) is 2. The number of benzene rings is 1. The van der Waals surface area contributed by atoms with Gasteiger partial charge in [0.15, 0.2) is 11.3 Å². The van der Waals surface area contributed by atoms with E-state index in [0.29, 0.717) is 12.8 Å². The van der Waals surface area contributed by atoms with Crippen molar-refractivity contribution in [1.29, 1.82) is 0 Å². The van der Waals surface area contributed by atoms with Crippen LogP contribution >= 0.6 is 0 Å². The maximum absolute atomic E-state index is 14.1. The second-order valence-corrected chi connectivity index (χ2v) is 6.25. The number of hydrogen-bond acceptors (Lipinski definition) is 4. The van der Waals surface area contributed by atoms with Gasteiger partial charge >= 0.3 is 5.97 Å². The van der Waals surface area contributed by atoms with Crippen molar-refractivity contribution in [2.75, 3.05) is 6.54 Å². The van der Waals surface area contributed by atoms with Gasteiger partial charge in [-0.1, -0.05) is 12.1 Å². The van der Waals surface area contributed by atoms with Gasteiger partial charge in [0.25, 0.3) is 5.91 Å². The predicted molar refractivity (Wildman–Crippen MR) is 86.1 cm³/mol. The molecule has 0 bridgehead atoms. The van der Waals surface area contributed by atoms with Gasteiger partial charge in [0.2, 0.25) is 0 Å². The van der Waals surface area contributed by atoms with Crippen molar-refractivity contribution in [2.24, 2.45) is 0 Å². The second-order valence-electron chi connectivity index (χ2n) is 6.25. The Morgan fingerprint density at radius 3 is 2.76 bits per heavy atom. The number of fused-ring (bicyclic) bond motifs is 1. The number of aliphatic hydroxyl groups is 1. The topological polar surface area (TPSA) is 104 Å². The average molecular weight is 347 g/mol. The Morgan fingerprint density at radius 1 is 1.36 bits per heavy atom. The minimum atomic E-state index is -2.08. The number of para-hydroxylation sites is 1. The molecule has 3 N–H and O–H groups in total. The van der Waals surface area contributed by atoms with E-state index in [4.69, 9.17) is 5.11 Å². The SMILES string of the molecule is CC(O)(CNC(=O)c1nn(-c2ccccc2F)c2c1CCC2)C(=O)O. The van der Waals surface area contributed by atoms with Crippen LogP contribution in [0.5, 0.6) is 0 Å². The Balaban J connectivity index is 1.91. The van der Waals surface area contributed by atoms with E-state index in [1.165, 1.54) is 10.7 Å². The van der Waals surface area contributed by atoms with Crippen molar-refractivity contribution in [3.8, 4) is 5.69 Å². The number of carboxylic acids is 1. The molecule has 1 aliphatic rings. The summed E-state index contributed by atoms with van der Waals surface area (Å²) in [5.74, 6) is -2.47. The van der Waals surface area contributed by atoms with Crippen molar-refractivity contribution in [3.05, 3.63) is 47.0 Å². The first kappa shape index (κ1) is 17.1. The van der Waals surface area contributed by atoms with Gasteiger partial charge in [-0.25, -0.2) is 13.9 Å². The van der Waals surface area contributed by atoms with E-state index in [1.54, 1.807) is 18.2 Å². The zero-order valence-electron chi connectivity index (χ0n) is 13.6. The number of aromatic nitrogens is 2. The lowest BCUT2D eigenvalue weighted by Gasteiger charge is -2.17. The summed E-state index contributed by atoms with van der Waals surface area (Å²) in [6.45, 7) is 0.639. The largest absolute Gasteiger partial charge is 0.479 e. The van der Waals surface area contributed by atoms with E-state index in [9.17, 15) is 19.1 Å². The number of hydrogen-bond donors (Lipinski definition) is 3. The lowest BCUT2D eigenvalue weighted by Crippen LogP contribution is -2.46. The van der Waals surface area contributed by atoms with Crippen LogP contribution in [0.2, 0.25) is 0 Å². The Hall–Kier alpha value is -2.74. The summed E-state index contributed by atoms with van der Waals surface area (Å²) in [6.07, 6.45) is 2.15. The van der Waals surface area contributed by atoms with E-state index in [1.807, 2.05) is 0 Å². The fourth-order valence-corrected chi connectivity index (χ4v) is 2.85. The highest BCUT2D eigenvalue weighted by molar-refractivity contribution is 5.94. The van der Waals surface area contributed by atoms with Gasteiger partial charge in [0.1, 0.15) is 11.5 Å². The van der Waals surface area contributed by atoms with Crippen molar-refractivity contribution >= 4 is 11.9 Å². The van der Waals surface area contributed by atoms with Crippen LogP contribution < -0.4 is 5.32 Å². The van der Waals surface area contributed by atoms with Gasteiger partial charge in [-0.3, -0.25) is 4.79 Å². The minimum Gasteiger partial charge on any atom is -0.479 e. The highest BCUT2D eigenvalue weighted by Gasteiger charge is 2.32. The molecule has 1 amide bonds. The maximum atomic E-state index is 14.1. The number of halogens is 1. The van der Waals surface area contributed by atoms with Crippen LogP contribution in [-0.2, 0) is 17.6 Å². The fourth-order valence-electron chi connectivity index (χ4n) is 2.85. The molecule has 1 unspecified atom stereocenters.